The highest BCUT2D eigenvalue weighted by Crippen LogP contribution is 2.38. The van der Waals surface area contributed by atoms with E-state index in [9.17, 15) is 4.79 Å². The molecule has 0 atom stereocenters. The number of rotatable bonds is 4. The Hall–Kier alpha value is -3.05. The van der Waals surface area contributed by atoms with Crippen LogP contribution in [0.2, 0.25) is 10.0 Å². The van der Waals surface area contributed by atoms with E-state index in [1.165, 1.54) is 0 Å². The van der Waals surface area contributed by atoms with Gasteiger partial charge in [0, 0.05) is 15.6 Å². The molecule has 0 N–H and O–H groups in total. The molecule has 0 bridgehead atoms. The van der Waals surface area contributed by atoms with Crippen LogP contribution in [0.25, 0.3) is 23.1 Å². The predicted molar refractivity (Wildman–Crippen MR) is 138 cm³/mol. The molecule has 3 nitrogen and oxygen atoms in total. The second-order valence-electron chi connectivity index (χ2n) is 7.44. The number of nitrogens with zero attached hydrogens (tertiary/aromatic N) is 1. The van der Waals surface area contributed by atoms with E-state index in [2.05, 4.69) is 15.9 Å². The summed E-state index contributed by atoms with van der Waals surface area (Å²) in [7, 11) is 0. The topological polar surface area (TPSA) is 33.5 Å². The summed E-state index contributed by atoms with van der Waals surface area (Å²) in [4.78, 5) is 15.1. The molecule has 1 aromatic heterocycles. The standard InChI is InChI=1S/C27H16BrCl2NO2/c28-20-8-6-18(7-9-20)26-13-11-22(33-26)14-19-15-25(17-4-2-1-3-5-17)31(27(19)32)21-10-12-23(29)24(30)16-21/h1-16H/b19-14+. The average molecular weight is 537 g/mol. The lowest BCUT2D eigenvalue weighted by Gasteiger charge is -2.21. The molecule has 2 heterocycles. The second-order valence-corrected chi connectivity index (χ2v) is 9.17. The van der Waals surface area contributed by atoms with Crippen LogP contribution in [-0.2, 0) is 4.79 Å². The summed E-state index contributed by atoms with van der Waals surface area (Å²) in [6.45, 7) is 0. The number of carbonyl (C=O) groups is 1. The van der Waals surface area contributed by atoms with Crippen LogP contribution in [0.5, 0.6) is 0 Å². The summed E-state index contributed by atoms with van der Waals surface area (Å²) in [5.74, 6) is 1.15. The van der Waals surface area contributed by atoms with Crippen LogP contribution in [0.3, 0.4) is 0 Å². The first-order chi connectivity index (χ1) is 16.0. The van der Waals surface area contributed by atoms with Gasteiger partial charge in [0.1, 0.15) is 11.5 Å². The summed E-state index contributed by atoms with van der Waals surface area (Å²) in [5.41, 5.74) is 3.78. The Labute approximate surface area is 209 Å². The third-order valence-corrected chi connectivity index (χ3v) is 6.54. The molecule has 0 unspecified atom stereocenters. The fraction of sp³-hybridized carbons (Fsp3) is 0. The van der Waals surface area contributed by atoms with Gasteiger partial charge in [-0.1, -0.05) is 81.6 Å². The van der Waals surface area contributed by atoms with Crippen LogP contribution in [0.15, 0.2) is 105 Å². The fourth-order valence-electron chi connectivity index (χ4n) is 3.67. The minimum Gasteiger partial charge on any atom is -0.457 e. The smallest absolute Gasteiger partial charge is 0.263 e. The zero-order valence-electron chi connectivity index (χ0n) is 17.1. The second kappa shape index (κ2) is 9.06. The number of hydrogen-bond donors (Lipinski definition) is 0. The van der Waals surface area contributed by atoms with Crippen molar-refractivity contribution in [1.82, 2.24) is 0 Å². The van der Waals surface area contributed by atoms with E-state index in [1.54, 1.807) is 29.2 Å². The molecule has 0 radical (unpaired) electrons. The van der Waals surface area contributed by atoms with Crippen LogP contribution in [-0.4, -0.2) is 5.91 Å². The van der Waals surface area contributed by atoms with Gasteiger partial charge < -0.3 is 4.42 Å². The maximum atomic E-state index is 13.5. The lowest BCUT2D eigenvalue weighted by atomic mass is 10.1. The van der Waals surface area contributed by atoms with Crippen molar-refractivity contribution in [3.8, 4) is 11.3 Å². The molecule has 162 valence electrons. The van der Waals surface area contributed by atoms with E-state index in [0.717, 1.165) is 27.1 Å². The molecule has 0 saturated heterocycles. The van der Waals surface area contributed by atoms with E-state index < -0.39 is 0 Å². The van der Waals surface area contributed by atoms with E-state index >= 15 is 0 Å². The van der Waals surface area contributed by atoms with Gasteiger partial charge in [-0.3, -0.25) is 9.69 Å². The quantitative estimate of drug-likeness (QED) is 0.245. The Morgan fingerprint density at radius 2 is 1.58 bits per heavy atom. The number of carbonyl (C=O) groups excluding carboxylic acids is 1. The number of amides is 1. The van der Waals surface area contributed by atoms with Gasteiger partial charge in [0.05, 0.1) is 21.4 Å². The van der Waals surface area contributed by atoms with Gasteiger partial charge in [-0.05, 0) is 60.2 Å². The molecule has 4 aromatic rings. The van der Waals surface area contributed by atoms with Crippen molar-refractivity contribution in [2.75, 3.05) is 4.90 Å². The molecule has 0 fully saturated rings. The van der Waals surface area contributed by atoms with E-state index in [-0.39, 0.29) is 5.91 Å². The fourth-order valence-corrected chi connectivity index (χ4v) is 4.23. The molecule has 0 saturated carbocycles. The lowest BCUT2D eigenvalue weighted by molar-refractivity contribution is -0.113. The van der Waals surface area contributed by atoms with Crippen LogP contribution in [0, 0.1) is 0 Å². The molecule has 0 spiro atoms. The van der Waals surface area contributed by atoms with Crippen molar-refractivity contribution in [2.24, 2.45) is 0 Å². The first-order valence-corrected chi connectivity index (χ1v) is 11.7. The molecule has 1 aliphatic rings. The van der Waals surface area contributed by atoms with Gasteiger partial charge in [0.25, 0.3) is 5.91 Å². The van der Waals surface area contributed by atoms with Gasteiger partial charge in [0.15, 0.2) is 0 Å². The Kier molecular flexibility index (Phi) is 5.98. The largest absolute Gasteiger partial charge is 0.457 e. The maximum absolute atomic E-state index is 13.5. The van der Waals surface area contributed by atoms with Crippen LogP contribution in [0.1, 0.15) is 11.3 Å². The molecule has 6 heteroatoms. The summed E-state index contributed by atoms with van der Waals surface area (Å²) in [6.07, 6.45) is 3.62. The number of benzene rings is 3. The monoisotopic (exact) mass is 535 g/mol. The van der Waals surface area contributed by atoms with Crippen molar-refractivity contribution < 1.29 is 9.21 Å². The van der Waals surface area contributed by atoms with E-state index in [1.807, 2.05) is 72.8 Å². The molecule has 33 heavy (non-hydrogen) atoms. The van der Waals surface area contributed by atoms with E-state index in [0.29, 0.717) is 27.1 Å². The summed E-state index contributed by atoms with van der Waals surface area (Å²) in [5, 5.41) is 0.820. The minimum atomic E-state index is -0.172. The van der Waals surface area contributed by atoms with Gasteiger partial charge in [-0.25, -0.2) is 0 Å². The average Bonchev–Trinajstić information content (AvgIpc) is 3.42. The molecule has 5 rings (SSSR count). The third-order valence-electron chi connectivity index (χ3n) is 5.27. The Balaban J connectivity index is 1.55. The normalized spacial score (nSPS) is 14.8. The predicted octanol–water partition coefficient (Wildman–Crippen LogP) is 8.49. The van der Waals surface area contributed by atoms with Crippen molar-refractivity contribution in [3.05, 3.63) is 122 Å². The highest BCUT2D eigenvalue weighted by Gasteiger charge is 2.31. The zero-order chi connectivity index (χ0) is 22.9. The highest BCUT2D eigenvalue weighted by atomic mass is 79.9. The van der Waals surface area contributed by atoms with Gasteiger partial charge in [-0.15, -0.1) is 0 Å². The van der Waals surface area contributed by atoms with Crippen molar-refractivity contribution >= 4 is 62.5 Å². The van der Waals surface area contributed by atoms with Crippen molar-refractivity contribution in [1.29, 1.82) is 0 Å². The number of hydrogen-bond acceptors (Lipinski definition) is 2. The van der Waals surface area contributed by atoms with Gasteiger partial charge in [0.2, 0.25) is 0 Å². The van der Waals surface area contributed by atoms with Crippen LogP contribution < -0.4 is 4.90 Å². The Bertz CT molecular complexity index is 1410. The third kappa shape index (κ3) is 4.42. The molecule has 1 amide bonds. The lowest BCUT2D eigenvalue weighted by Crippen LogP contribution is -2.24. The summed E-state index contributed by atoms with van der Waals surface area (Å²) < 4.78 is 7.00. The van der Waals surface area contributed by atoms with Gasteiger partial charge in [-0.2, -0.15) is 0 Å². The maximum Gasteiger partial charge on any atom is 0.263 e. The molecular weight excluding hydrogens is 521 g/mol. The summed E-state index contributed by atoms with van der Waals surface area (Å²) >= 11 is 15.8. The van der Waals surface area contributed by atoms with Crippen molar-refractivity contribution in [3.63, 3.8) is 0 Å². The number of anilines is 1. The SMILES string of the molecule is O=C1/C(=C/c2ccc(-c3ccc(Br)cc3)o2)C=C(c2ccccc2)N1c1ccc(Cl)c(Cl)c1. The molecule has 0 aliphatic carbocycles. The number of furan rings is 1. The van der Waals surface area contributed by atoms with Crippen LogP contribution >= 0.6 is 39.1 Å². The Morgan fingerprint density at radius 1 is 0.818 bits per heavy atom. The van der Waals surface area contributed by atoms with Crippen LogP contribution in [0.4, 0.5) is 5.69 Å². The summed E-state index contributed by atoms with van der Waals surface area (Å²) in [6, 6.07) is 26.5. The highest BCUT2D eigenvalue weighted by molar-refractivity contribution is 9.10. The van der Waals surface area contributed by atoms with E-state index in [4.69, 9.17) is 27.6 Å². The minimum absolute atomic E-state index is 0.172. The molecule has 1 aliphatic heterocycles. The molecular formula is C27H16BrCl2NO2. The van der Waals surface area contributed by atoms with Gasteiger partial charge >= 0.3 is 0 Å². The first kappa shape index (κ1) is 21.8. The Morgan fingerprint density at radius 3 is 2.30 bits per heavy atom. The molecule has 3 aromatic carbocycles. The zero-order valence-corrected chi connectivity index (χ0v) is 20.2. The first-order valence-electron chi connectivity index (χ1n) is 10.1. The van der Waals surface area contributed by atoms with Crippen molar-refractivity contribution in [2.45, 2.75) is 0 Å². The number of halogens is 3.